The molecule has 0 saturated heterocycles. The van der Waals surface area contributed by atoms with Crippen LogP contribution in [0.3, 0.4) is 0 Å². The van der Waals surface area contributed by atoms with Gasteiger partial charge in [-0.3, -0.25) is 0 Å². The third-order valence-electron chi connectivity index (χ3n) is 2.03. The quantitative estimate of drug-likeness (QED) is 0.808. The van der Waals surface area contributed by atoms with Crippen molar-refractivity contribution < 1.29 is 9.84 Å². The number of benzene rings is 1. The molecule has 0 bridgehead atoms. The van der Waals surface area contributed by atoms with Crippen molar-refractivity contribution in [3.05, 3.63) is 28.8 Å². The molecule has 1 aromatic rings. The molecule has 4 heteroatoms. The zero-order chi connectivity index (χ0) is 10.7. The molecule has 0 heterocycles. The van der Waals surface area contributed by atoms with Crippen LogP contribution in [0.5, 0.6) is 5.75 Å². The van der Waals surface area contributed by atoms with Gasteiger partial charge in [0.05, 0.1) is 19.3 Å². The highest BCUT2D eigenvalue weighted by atomic mass is 35.5. The van der Waals surface area contributed by atoms with Gasteiger partial charge in [-0.15, -0.1) is 0 Å². The summed E-state index contributed by atoms with van der Waals surface area (Å²) in [6.45, 7) is 1.64. The fraction of sp³-hybridized carbons (Fsp3) is 0.400. The van der Waals surface area contributed by atoms with Gasteiger partial charge in [0.2, 0.25) is 0 Å². The van der Waals surface area contributed by atoms with Gasteiger partial charge in [0, 0.05) is 5.02 Å². The van der Waals surface area contributed by atoms with Gasteiger partial charge >= 0.3 is 0 Å². The topological polar surface area (TPSA) is 55.5 Å². The van der Waals surface area contributed by atoms with Crippen LogP contribution in [0.4, 0.5) is 0 Å². The molecule has 78 valence electrons. The molecule has 0 aliphatic heterocycles. The second-order valence-corrected chi connectivity index (χ2v) is 3.63. The number of rotatable bonds is 3. The van der Waals surface area contributed by atoms with E-state index in [1.54, 1.807) is 32.2 Å². The summed E-state index contributed by atoms with van der Waals surface area (Å²) in [6, 6.07) is 4.74. The van der Waals surface area contributed by atoms with Gasteiger partial charge in [0.25, 0.3) is 0 Å². The lowest BCUT2D eigenvalue weighted by atomic mass is 10.0. The lowest BCUT2D eigenvalue weighted by molar-refractivity contribution is 0.164. The molecule has 0 spiro atoms. The Morgan fingerprint density at radius 2 is 2.07 bits per heavy atom. The maximum absolute atomic E-state index is 9.32. The number of ether oxygens (including phenoxy) is 1. The largest absolute Gasteiger partial charge is 0.497 e. The SMILES string of the molecule is COc1cc(Cl)cc([C@H](N)[C@@H](C)O)c1. The Hall–Kier alpha value is -0.770. The van der Waals surface area contributed by atoms with Crippen molar-refractivity contribution in [3.63, 3.8) is 0 Å². The van der Waals surface area contributed by atoms with E-state index in [9.17, 15) is 5.11 Å². The minimum absolute atomic E-state index is 0.442. The van der Waals surface area contributed by atoms with Crippen LogP contribution in [0.2, 0.25) is 5.02 Å². The lowest BCUT2D eigenvalue weighted by Gasteiger charge is -2.16. The molecule has 0 saturated carbocycles. The third-order valence-corrected chi connectivity index (χ3v) is 2.25. The number of hydrogen-bond donors (Lipinski definition) is 2. The van der Waals surface area contributed by atoms with Crippen molar-refractivity contribution in [1.29, 1.82) is 0 Å². The van der Waals surface area contributed by atoms with Crippen LogP contribution in [-0.2, 0) is 0 Å². The van der Waals surface area contributed by atoms with Gasteiger partial charge in [0.15, 0.2) is 0 Å². The maximum Gasteiger partial charge on any atom is 0.120 e. The van der Waals surface area contributed by atoms with E-state index in [1.165, 1.54) is 0 Å². The molecule has 0 unspecified atom stereocenters. The molecule has 14 heavy (non-hydrogen) atoms. The Balaban J connectivity index is 3.02. The van der Waals surface area contributed by atoms with Crippen LogP contribution in [0, 0.1) is 0 Å². The summed E-state index contributed by atoms with van der Waals surface area (Å²) in [5.41, 5.74) is 6.53. The molecular weight excluding hydrogens is 202 g/mol. The Morgan fingerprint density at radius 3 is 2.57 bits per heavy atom. The number of aliphatic hydroxyl groups excluding tert-OH is 1. The average Bonchev–Trinajstić information content (AvgIpc) is 2.15. The Labute approximate surface area is 88.4 Å². The van der Waals surface area contributed by atoms with Crippen LogP contribution in [0.15, 0.2) is 18.2 Å². The highest BCUT2D eigenvalue weighted by molar-refractivity contribution is 6.30. The van der Waals surface area contributed by atoms with E-state index in [1.807, 2.05) is 0 Å². The van der Waals surface area contributed by atoms with E-state index in [4.69, 9.17) is 22.1 Å². The number of hydrogen-bond acceptors (Lipinski definition) is 3. The van der Waals surface area contributed by atoms with Crippen molar-refractivity contribution >= 4 is 11.6 Å². The van der Waals surface area contributed by atoms with E-state index in [0.29, 0.717) is 10.8 Å². The molecule has 2 atom stereocenters. The van der Waals surface area contributed by atoms with Crippen molar-refractivity contribution in [3.8, 4) is 5.75 Å². The summed E-state index contributed by atoms with van der Waals surface area (Å²) in [7, 11) is 1.56. The zero-order valence-electron chi connectivity index (χ0n) is 8.20. The highest BCUT2D eigenvalue weighted by Crippen LogP contribution is 2.25. The van der Waals surface area contributed by atoms with E-state index < -0.39 is 12.1 Å². The Bertz CT molecular complexity index is 315. The molecular formula is C10H14ClNO2. The van der Waals surface area contributed by atoms with Crippen LogP contribution >= 0.6 is 11.6 Å². The van der Waals surface area contributed by atoms with Crippen LogP contribution in [-0.4, -0.2) is 18.3 Å². The van der Waals surface area contributed by atoms with Gasteiger partial charge in [-0.2, -0.15) is 0 Å². The summed E-state index contributed by atoms with van der Waals surface area (Å²) in [4.78, 5) is 0. The Morgan fingerprint density at radius 1 is 1.43 bits per heavy atom. The van der Waals surface area contributed by atoms with Crippen LogP contribution in [0.25, 0.3) is 0 Å². The number of halogens is 1. The first kappa shape index (κ1) is 11.3. The highest BCUT2D eigenvalue weighted by Gasteiger charge is 2.13. The lowest BCUT2D eigenvalue weighted by Crippen LogP contribution is -2.23. The number of methoxy groups -OCH3 is 1. The predicted molar refractivity (Wildman–Crippen MR) is 56.6 cm³/mol. The fourth-order valence-corrected chi connectivity index (χ4v) is 1.41. The fourth-order valence-electron chi connectivity index (χ4n) is 1.17. The molecule has 0 aromatic heterocycles. The maximum atomic E-state index is 9.32. The summed E-state index contributed by atoms with van der Waals surface area (Å²) >= 11 is 5.86. The third kappa shape index (κ3) is 2.61. The standard InChI is InChI=1S/C10H14ClNO2/c1-6(13)10(12)7-3-8(11)5-9(4-7)14-2/h3-6,10,13H,12H2,1-2H3/t6-,10-/m1/s1. The first-order valence-electron chi connectivity index (χ1n) is 4.32. The summed E-state index contributed by atoms with van der Waals surface area (Å²) < 4.78 is 5.04. The first-order valence-corrected chi connectivity index (χ1v) is 4.70. The monoisotopic (exact) mass is 215 g/mol. The van der Waals surface area contributed by atoms with Gasteiger partial charge in [-0.05, 0) is 30.7 Å². The normalized spacial score (nSPS) is 14.9. The Kier molecular flexibility index (Phi) is 3.75. The van der Waals surface area contributed by atoms with Gasteiger partial charge in [0.1, 0.15) is 5.75 Å². The van der Waals surface area contributed by atoms with Crippen molar-refractivity contribution in [2.24, 2.45) is 5.73 Å². The van der Waals surface area contributed by atoms with Crippen LogP contribution in [0.1, 0.15) is 18.5 Å². The van der Waals surface area contributed by atoms with Gasteiger partial charge < -0.3 is 15.6 Å². The van der Waals surface area contributed by atoms with E-state index in [-0.39, 0.29) is 0 Å². The zero-order valence-corrected chi connectivity index (χ0v) is 8.95. The second kappa shape index (κ2) is 4.64. The molecule has 0 fully saturated rings. The van der Waals surface area contributed by atoms with E-state index in [0.717, 1.165) is 5.56 Å². The van der Waals surface area contributed by atoms with Gasteiger partial charge in [-0.1, -0.05) is 11.6 Å². The van der Waals surface area contributed by atoms with Crippen molar-refractivity contribution in [2.75, 3.05) is 7.11 Å². The van der Waals surface area contributed by atoms with Crippen LogP contribution < -0.4 is 10.5 Å². The second-order valence-electron chi connectivity index (χ2n) is 3.19. The summed E-state index contributed by atoms with van der Waals surface area (Å²) in [5, 5.41) is 9.87. The molecule has 0 aliphatic carbocycles. The molecule has 3 nitrogen and oxygen atoms in total. The van der Waals surface area contributed by atoms with Crippen molar-refractivity contribution in [2.45, 2.75) is 19.1 Å². The number of aliphatic hydroxyl groups is 1. The average molecular weight is 216 g/mol. The predicted octanol–water partition coefficient (Wildman–Crippen LogP) is 1.73. The first-order chi connectivity index (χ1) is 6.54. The molecule has 1 aromatic carbocycles. The molecule has 1 rings (SSSR count). The van der Waals surface area contributed by atoms with Gasteiger partial charge in [-0.25, -0.2) is 0 Å². The summed E-state index contributed by atoms with van der Waals surface area (Å²) in [6.07, 6.45) is -0.613. The molecule has 0 aliphatic rings. The van der Waals surface area contributed by atoms with E-state index >= 15 is 0 Å². The van der Waals surface area contributed by atoms with E-state index in [2.05, 4.69) is 0 Å². The minimum Gasteiger partial charge on any atom is -0.497 e. The minimum atomic E-state index is -0.613. The van der Waals surface area contributed by atoms with Crippen molar-refractivity contribution in [1.82, 2.24) is 0 Å². The smallest absolute Gasteiger partial charge is 0.120 e. The number of nitrogens with two attached hydrogens (primary N) is 1. The molecule has 0 radical (unpaired) electrons. The molecule has 0 amide bonds. The summed E-state index contributed by atoms with van der Waals surface area (Å²) in [5.74, 6) is 0.642. The molecule has 3 N–H and O–H groups in total.